The summed E-state index contributed by atoms with van der Waals surface area (Å²) in [4.78, 5) is 48.3. The Balaban J connectivity index is 1.59. The highest BCUT2D eigenvalue weighted by Crippen LogP contribution is 2.25. The molecule has 0 spiro atoms. The number of amides is 1. The molecule has 0 bridgehead atoms. The van der Waals surface area contributed by atoms with Crippen molar-refractivity contribution in [2.45, 2.75) is 9.79 Å². The third-order valence-electron chi connectivity index (χ3n) is 5.74. The fourth-order valence-corrected chi connectivity index (χ4v) is 4.70. The topological polar surface area (TPSA) is 254 Å². The number of aromatic amines is 1. The zero-order valence-electron chi connectivity index (χ0n) is 21.2. The first-order valence-corrected chi connectivity index (χ1v) is 14.4. The number of carboxylic acids is 2. The average molecular weight is 631 g/mol. The van der Waals surface area contributed by atoms with E-state index in [1.807, 2.05) is 0 Å². The van der Waals surface area contributed by atoms with Gasteiger partial charge in [0, 0.05) is 0 Å². The van der Waals surface area contributed by atoms with Gasteiger partial charge in [-0.3, -0.25) is 23.8 Å². The van der Waals surface area contributed by atoms with Gasteiger partial charge in [0.1, 0.15) is 0 Å². The highest BCUT2D eigenvalue weighted by molar-refractivity contribution is 7.86. The quantitative estimate of drug-likeness (QED) is 0.128. The van der Waals surface area contributed by atoms with Crippen LogP contribution in [0, 0.1) is 0 Å². The van der Waals surface area contributed by atoms with Crippen LogP contribution >= 0.6 is 0 Å². The summed E-state index contributed by atoms with van der Waals surface area (Å²) in [6, 6.07) is 8.62. The number of hydrazone groups is 1. The minimum absolute atomic E-state index is 0.0148. The van der Waals surface area contributed by atoms with Crippen molar-refractivity contribution in [3.05, 3.63) is 100 Å². The fraction of sp³-hybridized carbons (Fsp3) is 0. The second-order valence-electron chi connectivity index (χ2n) is 8.48. The molecule has 0 saturated carbocycles. The summed E-state index contributed by atoms with van der Waals surface area (Å²) < 4.78 is 64.0. The van der Waals surface area contributed by atoms with E-state index in [1.54, 1.807) is 0 Å². The highest BCUT2D eigenvalue weighted by Gasteiger charge is 2.34. The van der Waals surface area contributed by atoms with Gasteiger partial charge in [0.05, 0.1) is 32.3 Å². The molecular weight excluding hydrogens is 612 g/mol. The van der Waals surface area contributed by atoms with E-state index in [4.69, 9.17) is 9.11 Å². The van der Waals surface area contributed by atoms with Crippen LogP contribution in [0.25, 0.3) is 11.8 Å². The number of allylic oxidation sites excluding steroid dienone is 4. The lowest BCUT2D eigenvalue weighted by Crippen LogP contribution is -2.22. The van der Waals surface area contributed by atoms with E-state index in [-0.39, 0.29) is 22.5 Å². The number of carboxylic acid groups (broad SMARTS) is 2. The highest BCUT2D eigenvalue weighted by atomic mass is 32.2. The number of benzene rings is 2. The number of H-pyrrole nitrogens is 1. The van der Waals surface area contributed by atoms with Crippen LogP contribution in [-0.2, 0) is 29.8 Å². The molecule has 0 atom stereocenters. The van der Waals surface area contributed by atoms with Crippen LogP contribution in [-0.4, -0.2) is 69.5 Å². The number of hydrogen-bond donors (Lipinski definition) is 5. The molecule has 16 nitrogen and oxygen atoms in total. The minimum atomic E-state index is -4.50. The van der Waals surface area contributed by atoms with Crippen molar-refractivity contribution in [3.63, 3.8) is 0 Å². The molecule has 0 fully saturated rings. The van der Waals surface area contributed by atoms with Crippen LogP contribution < -0.4 is 10.6 Å². The van der Waals surface area contributed by atoms with Gasteiger partial charge in [-0.25, -0.2) is 14.3 Å². The van der Waals surface area contributed by atoms with E-state index < -0.39 is 64.8 Å². The molecule has 1 aliphatic heterocycles. The standard InChI is InChI=1S/C25H18N4O12S2/c30-22-18(20(24(32)33)26-28(22)14-6-10-16(11-7-14)42(36,37)38)4-2-1-3-5-19-21(25(34)35)27-29(23(19)31)15-8-12-17(13-9-15)43(39,40)41/h1-13,26H,(H,32,33)(H,34,35)(H,36,37,38)(H,39,40,41)/b3-1+,4-2+,19-5-. The van der Waals surface area contributed by atoms with E-state index in [9.17, 15) is 46.2 Å². The van der Waals surface area contributed by atoms with Gasteiger partial charge < -0.3 is 10.2 Å². The maximum absolute atomic E-state index is 12.9. The van der Waals surface area contributed by atoms with Gasteiger partial charge in [-0.2, -0.15) is 26.9 Å². The van der Waals surface area contributed by atoms with Crippen LogP contribution in [0.4, 0.5) is 5.69 Å². The summed E-state index contributed by atoms with van der Waals surface area (Å²) in [7, 11) is -9.00. The molecular formula is C25H18N4O12S2. The van der Waals surface area contributed by atoms with E-state index in [2.05, 4.69) is 10.2 Å². The summed E-state index contributed by atoms with van der Waals surface area (Å²) in [5.41, 5.74) is -2.51. The molecule has 1 aliphatic rings. The van der Waals surface area contributed by atoms with Gasteiger partial charge in [-0.05, 0) is 60.7 Å². The fourth-order valence-electron chi connectivity index (χ4n) is 3.74. The van der Waals surface area contributed by atoms with Gasteiger partial charge in [0.25, 0.3) is 31.7 Å². The number of carbonyl (C=O) groups excluding carboxylic acids is 1. The lowest BCUT2D eigenvalue weighted by atomic mass is 10.1. The molecule has 0 unspecified atom stereocenters. The van der Waals surface area contributed by atoms with Crippen molar-refractivity contribution in [1.82, 2.24) is 9.78 Å². The maximum Gasteiger partial charge on any atom is 0.357 e. The number of carbonyl (C=O) groups is 3. The van der Waals surface area contributed by atoms with Crippen molar-refractivity contribution in [1.29, 1.82) is 0 Å². The normalized spacial score (nSPS) is 15.1. The van der Waals surface area contributed by atoms with Gasteiger partial charge in [-0.1, -0.05) is 18.2 Å². The zero-order chi connectivity index (χ0) is 31.7. The smallest absolute Gasteiger partial charge is 0.357 e. The van der Waals surface area contributed by atoms with E-state index in [0.29, 0.717) is 0 Å². The average Bonchev–Trinajstić information content (AvgIpc) is 3.44. The molecule has 1 aromatic heterocycles. The molecule has 2 aromatic carbocycles. The predicted octanol–water partition coefficient (Wildman–Crippen LogP) is 1.34. The van der Waals surface area contributed by atoms with Crippen molar-refractivity contribution >= 4 is 55.6 Å². The van der Waals surface area contributed by atoms with Crippen molar-refractivity contribution in [2.24, 2.45) is 5.10 Å². The van der Waals surface area contributed by atoms with Crippen LogP contribution in [0.2, 0.25) is 0 Å². The Morgan fingerprint density at radius 3 is 1.79 bits per heavy atom. The number of nitrogens with one attached hydrogen (secondary N) is 1. The first-order valence-electron chi connectivity index (χ1n) is 11.5. The molecule has 1 amide bonds. The number of nitrogens with zero attached hydrogens (tertiary/aromatic N) is 3. The monoisotopic (exact) mass is 630 g/mol. The minimum Gasteiger partial charge on any atom is -0.477 e. The number of aliphatic carboxylic acids is 1. The molecule has 18 heteroatoms. The molecule has 0 aliphatic carbocycles. The van der Waals surface area contributed by atoms with Crippen LogP contribution in [0.15, 0.2) is 98.1 Å². The lowest BCUT2D eigenvalue weighted by Gasteiger charge is -2.11. The Bertz CT molecular complexity index is 2050. The molecule has 0 radical (unpaired) electrons. The van der Waals surface area contributed by atoms with E-state index in [0.717, 1.165) is 58.2 Å². The Labute approximate surface area is 241 Å². The predicted molar refractivity (Wildman–Crippen MR) is 148 cm³/mol. The molecule has 2 heterocycles. The SMILES string of the molecule is O=C(O)C1=NN(c2ccc(S(=O)(=O)O)cc2)C(=O)\C1=C/C=C/C=C/c1c(C(=O)O)[nH]n(-c2ccc(S(=O)(=O)O)cc2)c1=O. The van der Waals surface area contributed by atoms with Crippen LogP contribution in [0.3, 0.4) is 0 Å². The number of aromatic carboxylic acids is 1. The van der Waals surface area contributed by atoms with Crippen LogP contribution in [0.1, 0.15) is 16.1 Å². The molecule has 3 aromatic rings. The Kier molecular flexibility index (Phi) is 8.13. The Hall–Kier alpha value is -5.43. The Morgan fingerprint density at radius 1 is 0.767 bits per heavy atom. The van der Waals surface area contributed by atoms with E-state index in [1.165, 1.54) is 30.4 Å². The van der Waals surface area contributed by atoms with Gasteiger partial charge in [0.15, 0.2) is 11.4 Å². The first-order chi connectivity index (χ1) is 20.1. The lowest BCUT2D eigenvalue weighted by molar-refractivity contribution is -0.129. The molecule has 5 N–H and O–H groups in total. The van der Waals surface area contributed by atoms with Gasteiger partial charge >= 0.3 is 11.9 Å². The number of hydrogen-bond acceptors (Lipinski definition) is 9. The summed E-state index contributed by atoms with van der Waals surface area (Å²) >= 11 is 0. The second kappa shape index (κ2) is 11.4. The van der Waals surface area contributed by atoms with Crippen LogP contribution in [0.5, 0.6) is 0 Å². The third kappa shape index (κ3) is 6.41. The summed E-state index contributed by atoms with van der Waals surface area (Å²) in [5.74, 6) is -3.89. The zero-order valence-corrected chi connectivity index (χ0v) is 22.9. The molecule has 222 valence electrons. The van der Waals surface area contributed by atoms with Crippen molar-refractivity contribution < 1.29 is 50.5 Å². The molecule has 0 saturated heterocycles. The van der Waals surface area contributed by atoms with E-state index >= 15 is 0 Å². The first kappa shape index (κ1) is 30.5. The number of aromatic nitrogens is 2. The number of anilines is 1. The largest absolute Gasteiger partial charge is 0.477 e. The summed E-state index contributed by atoms with van der Waals surface area (Å²) in [5, 5.41) is 25.9. The summed E-state index contributed by atoms with van der Waals surface area (Å²) in [6.45, 7) is 0. The third-order valence-corrected chi connectivity index (χ3v) is 7.48. The molecule has 43 heavy (non-hydrogen) atoms. The molecule has 4 rings (SSSR count). The second-order valence-corrected chi connectivity index (χ2v) is 11.3. The Morgan fingerprint density at radius 2 is 1.30 bits per heavy atom. The van der Waals surface area contributed by atoms with Crippen molar-refractivity contribution in [2.75, 3.05) is 5.01 Å². The van der Waals surface area contributed by atoms with Crippen molar-refractivity contribution in [3.8, 4) is 5.69 Å². The number of rotatable bonds is 9. The van der Waals surface area contributed by atoms with Gasteiger partial charge in [-0.15, -0.1) is 0 Å². The maximum atomic E-state index is 12.9. The van der Waals surface area contributed by atoms with Gasteiger partial charge in [0.2, 0.25) is 0 Å². The summed E-state index contributed by atoms with van der Waals surface area (Å²) in [6.07, 6.45) is 5.98.